The molecule has 0 aromatic heterocycles. The number of aromatic hydroxyl groups is 1. The zero-order valence-electron chi connectivity index (χ0n) is 11.0. The fourth-order valence-electron chi connectivity index (χ4n) is 1.98. The number of carboxylic acid groups (broad SMARTS) is 1. The van der Waals surface area contributed by atoms with Gasteiger partial charge in [0.25, 0.3) is 0 Å². The van der Waals surface area contributed by atoms with E-state index in [0.29, 0.717) is 0 Å². The van der Waals surface area contributed by atoms with Crippen LogP contribution in [0.1, 0.15) is 31.7 Å². The first-order chi connectivity index (χ1) is 9.01. The lowest BCUT2D eigenvalue weighted by Gasteiger charge is -2.31. The largest absolute Gasteiger partial charge is 0.508 e. The van der Waals surface area contributed by atoms with Crippen molar-refractivity contribution in [3.8, 4) is 5.75 Å². The van der Waals surface area contributed by atoms with E-state index in [4.69, 9.17) is 10.2 Å². The molecule has 1 rings (SSSR count). The monoisotopic (exact) mass is 291 g/mol. The Hall–Kier alpha value is -1.92. The summed E-state index contributed by atoms with van der Waals surface area (Å²) < 4.78 is 39.4. The predicted molar refractivity (Wildman–Crippen MR) is 66.8 cm³/mol. The summed E-state index contributed by atoms with van der Waals surface area (Å²) >= 11 is 0. The molecule has 0 radical (unpaired) electrons. The van der Waals surface area contributed by atoms with Gasteiger partial charge in [0.2, 0.25) is 0 Å². The smallest absolute Gasteiger partial charge is 0.405 e. The Morgan fingerprint density at radius 1 is 1.25 bits per heavy atom. The molecule has 1 atom stereocenters. The summed E-state index contributed by atoms with van der Waals surface area (Å²) in [5.74, 6) is -1.94. The first-order valence-corrected chi connectivity index (χ1v) is 5.88. The van der Waals surface area contributed by atoms with Crippen molar-refractivity contribution >= 4 is 6.09 Å². The first kappa shape index (κ1) is 16.1. The van der Waals surface area contributed by atoms with E-state index in [-0.39, 0.29) is 11.3 Å². The molecular formula is C13H16F3NO3. The van der Waals surface area contributed by atoms with Crippen molar-refractivity contribution < 1.29 is 28.2 Å². The second-order valence-corrected chi connectivity index (χ2v) is 5.20. The van der Waals surface area contributed by atoms with E-state index in [2.05, 4.69) is 5.32 Å². The van der Waals surface area contributed by atoms with Crippen LogP contribution in [0.3, 0.4) is 0 Å². The number of amides is 1. The molecule has 7 heteroatoms. The highest BCUT2D eigenvalue weighted by Crippen LogP contribution is 2.40. The fourth-order valence-corrected chi connectivity index (χ4v) is 1.98. The number of phenolic OH excluding ortho intramolecular Hbond substituents is 1. The normalized spacial score (nSPS) is 13.8. The minimum atomic E-state index is -4.51. The number of benzene rings is 1. The van der Waals surface area contributed by atoms with E-state index < -0.39 is 30.1 Å². The van der Waals surface area contributed by atoms with Gasteiger partial charge in [0.05, 0.1) is 5.92 Å². The van der Waals surface area contributed by atoms with Crippen molar-refractivity contribution in [3.63, 3.8) is 0 Å². The number of halogens is 3. The summed E-state index contributed by atoms with van der Waals surface area (Å²) in [5, 5.41) is 19.8. The van der Waals surface area contributed by atoms with Crippen molar-refractivity contribution in [2.75, 3.05) is 0 Å². The first-order valence-electron chi connectivity index (χ1n) is 5.88. The van der Waals surface area contributed by atoms with Crippen LogP contribution >= 0.6 is 0 Å². The number of carbonyl (C=O) groups is 1. The SMILES string of the molecule is CC(C)(C[C@H](c1ccc(O)cc1)C(F)(F)F)NC(=O)O. The molecular weight excluding hydrogens is 275 g/mol. The van der Waals surface area contributed by atoms with Crippen LogP contribution in [0.2, 0.25) is 0 Å². The van der Waals surface area contributed by atoms with E-state index in [1.165, 1.54) is 38.1 Å². The van der Waals surface area contributed by atoms with Crippen molar-refractivity contribution in [1.82, 2.24) is 5.32 Å². The third-order valence-corrected chi connectivity index (χ3v) is 2.85. The number of rotatable bonds is 4. The Bertz CT molecular complexity index is 469. The van der Waals surface area contributed by atoms with Crippen LogP contribution in [0.4, 0.5) is 18.0 Å². The molecule has 0 saturated heterocycles. The Morgan fingerprint density at radius 2 is 1.75 bits per heavy atom. The second kappa shape index (κ2) is 5.60. The van der Waals surface area contributed by atoms with Gasteiger partial charge in [-0.15, -0.1) is 0 Å². The van der Waals surface area contributed by atoms with E-state index in [1.54, 1.807) is 0 Å². The van der Waals surface area contributed by atoms with Crippen LogP contribution in [-0.2, 0) is 0 Å². The summed E-state index contributed by atoms with van der Waals surface area (Å²) in [6, 6.07) is 4.71. The number of alkyl halides is 3. The quantitative estimate of drug-likeness (QED) is 0.795. The van der Waals surface area contributed by atoms with Crippen molar-refractivity contribution in [2.24, 2.45) is 0 Å². The highest BCUT2D eigenvalue weighted by atomic mass is 19.4. The van der Waals surface area contributed by atoms with Crippen LogP contribution in [0.15, 0.2) is 24.3 Å². The molecule has 4 nitrogen and oxygen atoms in total. The topological polar surface area (TPSA) is 69.6 Å². The molecule has 1 amide bonds. The number of phenols is 1. The Kier molecular flexibility index (Phi) is 4.52. The number of hydrogen-bond donors (Lipinski definition) is 3. The van der Waals surface area contributed by atoms with Crippen molar-refractivity contribution in [3.05, 3.63) is 29.8 Å². The molecule has 20 heavy (non-hydrogen) atoms. The van der Waals surface area contributed by atoms with Gasteiger partial charge in [-0.25, -0.2) is 4.79 Å². The molecule has 1 aromatic rings. The zero-order valence-corrected chi connectivity index (χ0v) is 11.0. The third kappa shape index (κ3) is 4.64. The number of nitrogens with one attached hydrogen (secondary N) is 1. The Balaban J connectivity index is 3.02. The molecule has 0 aliphatic heterocycles. The number of hydrogen-bond acceptors (Lipinski definition) is 2. The summed E-state index contributed by atoms with van der Waals surface area (Å²) in [4.78, 5) is 10.6. The van der Waals surface area contributed by atoms with E-state index in [9.17, 15) is 18.0 Å². The summed E-state index contributed by atoms with van der Waals surface area (Å²) in [5.41, 5.74) is -1.25. The van der Waals surface area contributed by atoms with Crippen LogP contribution in [0.5, 0.6) is 5.75 Å². The second-order valence-electron chi connectivity index (χ2n) is 5.20. The maximum Gasteiger partial charge on any atom is 0.405 e. The fraction of sp³-hybridized carbons (Fsp3) is 0.462. The lowest BCUT2D eigenvalue weighted by atomic mass is 9.85. The van der Waals surface area contributed by atoms with Gasteiger partial charge in [-0.05, 0) is 38.0 Å². The molecule has 1 aromatic carbocycles. The molecule has 0 saturated carbocycles. The summed E-state index contributed by atoms with van der Waals surface area (Å²) in [6.07, 6.45) is -6.32. The highest BCUT2D eigenvalue weighted by Gasteiger charge is 2.43. The van der Waals surface area contributed by atoms with Gasteiger partial charge in [-0.1, -0.05) is 12.1 Å². The zero-order chi connectivity index (χ0) is 15.6. The average molecular weight is 291 g/mol. The van der Waals surface area contributed by atoms with Gasteiger partial charge in [-0.3, -0.25) is 0 Å². The van der Waals surface area contributed by atoms with Gasteiger partial charge < -0.3 is 15.5 Å². The molecule has 0 fully saturated rings. The average Bonchev–Trinajstić information content (AvgIpc) is 2.24. The Morgan fingerprint density at radius 3 is 2.15 bits per heavy atom. The van der Waals surface area contributed by atoms with Crippen molar-refractivity contribution in [1.29, 1.82) is 0 Å². The van der Waals surface area contributed by atoms with E-state index in [1.807, 2.05) is 0 Å². The van der Waals surface area contributed by atoms with Crippen LogP contribution in [0, 0.1) is 0 Å². The molecule has 0 unspecified atom stereocenters. The van der Waals surface area contributed by atoms with Crippen LogP contribution in [0.25, 0.3) is 0 Å². The maximum atomic E-state index is 13.1. The Labute approximate surface area is 114 Å². The summed E-state index contributed by atoms with van der Waals surface area (Å²) in [6.45, 7) is 2.78. The van der Waals surface area contributed by atoms with Gasteiger partial charge >= 0.3 is 12.3 Å². The minimum absolute atomic E-state index is 0.0180. The molecule has 0 aliphatic rings. The summed E-state index contributed by atoms with van der Waals surface area (Å²) in [7, 11) is 0. The van der Waals surface area contributed by atoms with Gasteiger partial charge in [0, 0.05) is 5.54 Å². The van der Waals surface area contributed by atoms with Crippen LogP contribution in [-0.4, -0.2) is 28.0 Å². The van der Waals surface area contributed by atoms with Crippen molar-refractivity contribution in [2.45, 2.75) is 37.9 Å². The molecule has 0 bridgehead atoms. The standard InChI is InChI=1S/C13H16F3NO3/c1-12(2,17-11(19)20)7-10(13(14,15)16)8-3-5-9(18)6-4-8/h3-6,10,17-18H,7H2,1-2H3,(H,19,20)/t10-/m1/s1. The predicted octanol–water partition coefficient (Wildman–Crippen LogP) is 3.47. The lowest BCUT2D eigenvalue weighted by Crippen LogP contribution is -2.45. The van der Waals surface area contributed by atoms with E-state index >= 15 is 0 Å². The highest BCUT2D eigenvalue weighted by molar-refractivity contribution is 5.65. The molecule has 112 valence electrons. The van der Waals surface area contributed by atoms with Gasteiger partial charge in [0.1, 0.15) is 5.75 Å². The maximum absolute atomic E-state index is 13.1. The van der Waals surface area contributed by atoms with Crippen LogP contribution < -0.4 is 5.32 Å². The molecule has 0 heterocycles. The molecule has 0 aliphatic carbocycles. The molecule has 0 spiro atoms. The van der Waals surface area contributed by atoms with Gasteiger partial charge in [-0.2, -0.15) is 13.2 Å². The third-order valence-electron chi connectivity index (χ3n) is 2.85. The van der Waals surface area contributed by atoms with Gasteiger partial charge in [0.15, 0.2) is 0 Å². The van der Waals surface area contributed by atoms with E-state index in [0.717, 1.165) is 0 Å². The lowest BCUT2D eigenvalue weighted by molar-refractivity contribution is -0.155. The minimum Gasteiger partial charge on any atom is -0.508 e. The molecule has 3 N–H and O–H groups in total.